The van der Waals surface area contributed by atoms with Gasteiger partial charge in [-0.25, -0.2) is 4.98 Å². The third-order valence-electron chi connectivity index (χ3n) is 3.38. The maximum atomic E-state index is 12.3. The van der Waals surface area contributed by atoms with Crippen LogP contribution in [0.2, 0.25) is 5.02 Å². The van der Waals surface area contributed by atoms with Crippen molar-refractivity contribution in [3.05, 3.63) is 22.8 Å². The summed E-state index contributed by atoms with van der Waals surface area (Å²) >= 11 is 6.05. The number of hydrogen-bond acceptors (Lipinski definition) is 4. The molecular weight excluding hydrogens is 292 g/mol. The van der Waals surface area contributed by atoms with Gasteiger partial charge in [0.2, 0.25) is 5.91 Å². The summed E-state index contributed by atoms with van der Waals surface area (Å²) < 4.78 is 0. The van der Waals surface area contributed by atoms with Crippen LogP contribution < -0.4 is 10.6 Å². The summed E-state index contributed by atoms with van der Waals surface area (Å²) in [6.45, 7) is 3.17. The summed E-state index contributed by atoms with van der Waals surface area (Å²) in [5.41, 5.74) is 0.203. The molecule has 1 aromatic rings. The van der Waals surface area contributed by atoms with Crippen molar-refractivity contribution in [2.45, 2.75) is 25.8 Å². The Kier molecular flexibility index (Phi) is 5.01. The van der Waals surface area contributed by atoms with Crippen molar-refractivity contribution in [3.63, 3.8) is 0 Å². The van der Waals surface area contributed by atoms with Crippen molar-refractivity contribution in [3.8, 4) is 0 Å². The Balaban J connectivity index is 2.06. The molecule has 2 rings (SSSR count). The maximum Gasteiger partial charge on any atom is 0.271 e. The lowest BCUT2D eigenvalue weighted by atomic mass is 10.1. The number of aromatic nitrogens is 1. The molecule has 1 atom stereocenters. The molecular formula is C14H19ClN4O2. The van der Waals surface area contributed by atoms with Crippen LogP contribution in [0.15, 0.2) is 12.1 Å². The molecule has 114 valence electrons. The number of halogens is 1. The van der Waals surface area contributed by atoms with Gasteiger partial charge >= 0.3 is 0 Å². The highest BCUT2D eigenvalue weighted by atomic mass is 35.5. The van der Waals surface area contributed by atoms with Crippen LogP contribution >= 0.6 is 11.6 Å². The van der Waals surface area contributed by atoms with Gasteiger partial charge in [-0.05, 0) is 25.5 Å². The predicted octanol–water partition coefficient (Wildman–Crippen LogP) is 1.52. The number of likely N-dealkylation sites (tertiary alicyclic amines) is 1. The molecule has 0 radical (unpaired) electrons. The molecule has 1 aliphatic rings. The zero-order valence-corrected chi connectivity index (χ0v) is 12.9. The highest BCUT2D eigenvalue weighted by Gasteiger charge is 2.25. The molecule has 1 aliphatic heterocycles. The van der Waals surface area contributed by atoms with Crippen LogP contribution in [-0.4, -0.2) is 47.9 Å². The molecule has 0 aromatic carbocycles. The first-order valence-electron chi connectivity index (χ1n) is 6.96. The van der Waals surface area contributed by atoms with Crippen molar-refractivity contribution in [2.75, 3.05) is 25.5 Å². The number of rotatable bonds is 4. The third kappa shape index (κ3) is 3.85. The van der Waals surface area contributed by atoms with Gasteiger partial charge in [-0.15, -0.1) is 0 Å². The topological polar surface area (TPSA) is 74.3 Å². The van der Waals surface area contributed by atoms with Gasteiger partial charge in [0.25, 0.3) is 5.91 Å². The molecule has 0 saturated carbocycles. The average molecular weight is 311 g/mol. The van der Waals surface area contributed by atoms with Crippen molar-refractivity contribution in [2.24, 2.45) is 0 Å². The first kappa shape index (κ1) is 15.6. The van der Waals surface area contributed by atoms with E-state index in [-0.39, 0.29) is 23.6 Å². The number of amides is 2. The number of hydrogen-bond donors (Lipinski definition) is 2. The van der Waals surface area contributed by atoms with Crippen LogP contribution in [0.3, 0.4) is 0 Å². The molecule has 1 saturated heterocycles. The van der Waals surface area contributed by atoms with Crippen LogP contribution in [-0.2, 0) is 4.79 Å². The van der Waals surface area contributed by atoms with E-state index >= 15 is 0 Å². The number of carbonyl (C=O) groups excluding carboxylic acids is 2. The number of likely N-dealkylation sites (N-methyl/N-ethyl adjacent to an activating group) is 1. The zero-order chi connectivity index (χ0) is 15.4. The lowest BCUT2D eigenvalue weighted by molar-refractivity contribution is -0.132. The summed E-state index contributed by atoms with van der Waals surface area (Å²) in [6.07, 6.45) is 1.08. The second-order valence-electron chi connectivity index (χ2n) is 5.04. The maximum absolute atomic E-state index is 12.3. The fourth-order valence-corrected chi connectivity index (χ4v) is 2.46. The number of piperidine rings is 1. The van der Waals surface area contributed by atoms with Crippen molar-refractivity contribution < 1.29 is 9.59 Å². The van der Waals surface area contributed by atoms with E-state index in [0.29, 0.717) is 36.8 Å². The number of carbonyl (C=O) groups is 2. The smallest absolute Gasteiger partial charge is 0.271 e. The number of nitrogens with zero attached hydrogens (tertiary/aromatic N) is 2. The summed E-state index contributed by atoms with van der Waals surface area (Å²) in [7, 11) is 1.73. The third-order valence-corrected chi connectivity index (χ3v) is 3.69. The molecule has 2 heterocycles. The summed E-state index contributed by atoms with van der Waals surface area (Å²) in [6, 6.07) is 3.31. The van der Waals surface area contributed by atoms with Crippen LogP contribution in [0, 0.1) is 0 Å². The van der Waals surface area contributed by atoms with Gasteiger partial charge in [0.05, 0.1) is 5.02 Å². The average Bonchev–Trinajstić information content (AvgIpc) is 2.45. The van der Waals surface area contributed by atoms with E-state index in [2.05, 4.69) is 15.6 Å². The highest BCUT2D eigenvalue weighted by Crippen LogP contribution is 2.18. The number of pyridine rings is 1. The highest BCUT2D eigenvalue weighted by molar-refractivity contribution is 6.33. The Morgan fingerprint density at radius 3 is 2.95 bits per heavy atom. The Labute approximate surface area is 128 Å². The van der Waals surface area contributed by atoms with Gasteiger partial charge in [-0.2, -0.15) is 0 Å². The Morgan fingerprint density at radius 1 is 1.52 bits per heavy atom. The first-order valence-corrected chi connectivity index (χ1v) is 7.34. The predicted molar refractivity (Wildman–Crippen MR) is 81.5 cm³/mol. The molecule has 6 nitrogen and oxygen atoms in total. The minimum Gasteiger partial charge on any atom is -0.370 e. The molecule has 7 heteroatoms. The fourth-order valence-electron chi connectivity index (χ4n) is 2.26. The van der Waals surface area contributed by atoms with Gasteiger partial charge in [0.15, 0.2) is 0 Å². The molecule has 1 unspecified atom stereocenters. The van der Waals surface area contributed by atoms with Crippen molar-refractivity contribution >= 4 is 29.2 Å². The van der Waals surface area contributed by atoms with E-state index in [9.17, 15) is 9.59 Å². The first-order chi connectivity index (χ1) is 10.0. The molecule has 2 amide bonds. The monoisotopic (exact) mass is 310 g/mol. The fraction of sp³-hybridized carbons (Fsp3) is 0.500. The van der Waals surface area contributed by atoms with E-state index in [1.807, 2.05) is 6.92 Å². The van der Waals surface area contributed by atoms with E-state index < -0.39 is 0 Å². The largest absolute Gasteiger partial charge is 0.370 e. The standard InChI is InChI=1S/C14H19ClN4O2/c1-3-16-11-6-5-10(15)13(18-11)14(21)17-9-4-7-12(20)19(2)8-9/h5-6,9H,3-4,7-8H2,1-2H3,(H,16,18)(H,17,21). The van der Waals surface area contributed by atoms with E-state index in [1.54, 1.807) is 24.1 Å². The molecule has 1 fully saturated rings. The van der Waals surface area contributed by atoms with Gasteiger partial charge in [0.1, 0.15) is 11.5 Å². The van der Waals surface area contributed by atoms with Gasteiger partial charge < -0.3 is 15.5 Å². The zero-order valence-electron chi connectivity index (χ0n) is 12.1. The molecule has 21 heavy (non-hydrogen) atoms. The van der Waals surface area contributed by atoms with E-state index in [1.165, 1.54) is 0 Å². The van der Waals surface area contributed by atoms with Crippen LogP contribution in [0.5, 0.6) is 0 Å². The molecule has 1 aromatic heterocycles. The van der Waals surface area contributed by atoms with Gasteiger partial charge in [-0.1, -0.05) is 11.6 Å². The summed E-state index contributed by atoms with van der Waals surface area (Å²) in [5.74, 6) is 0.404. The van der Waals surface area contributed by atoms with Crippen LogP contribution in [0.1, 0.15) is 30.3 Å². The quantitative estimate of drug-likeness (QED) is 0.884. The number of anilines is 1. The molecule has 0 bridgehead atoms. The second-order valence-corrected chi connectivity index (χ2v) is 5.45. The normalized spacial score (nSPS) is 18.5. The molecule has 0 spiro atoms. The minimum atomic E-state index is -0.312. The van der Waals surface area contributed by atoms with Crippen molar-refractivity contribution in [1.29, 1.82) is 0 Å². The molecule has 0 aliphatic carbocycles. The lowest BCUT2D eigenvalue weighted by Crippen LogP contribution is -2.48. The molecule has 2 N–H and O–H groups in total. The lowest BCUT2D eigenvalue weighted by Gasteiger charge is -2.30. The van der Waals surface area contributed by atoms with Crippen molar-refractivity contribution in [1.82, 2.24) is 15.2 Å². The Morgan fingerprint density at radius 2 is 2.29 bits per heavy atom. The Hall–Kier alpha value is -1.82. The van der Waals surface area contributed by atoms with Gasteiger partial charge in [-0.3, -0.25) is 9.59 Å². The van der Waals surface area contributed by atoms with Crippen LogP contribution in [0.25, 0.3) is 0 Å². The number of nitrogens with one attached hydrogen (secondary N) is 2. The SMILES string of the molecule is CCNc1ccc(Cl)c(C(=O)NC2CCC(=O)N(C)C2)n1. The minimum absolute atomic E-state index is 0.0687. The van der Waals surface area contributed by atoms with E-state index in [4.69, 9.17) is 11.6 Å². The van der Waals surface area contributed by atoms with E-state index in [0.717, 1.165) is 0 Å². The summed E-state index contributed by atoms with van der Waals surface area (Å²) in [4.78, 5) is 29.6. The summed E-state index contributed by atoms with van der Waals surface area (Å²) in [5, 5.41) is 6.25. The Bertz CT molecular complexity index is 550. The second kappa shape index (κ2) is 6.76. The van der Waals surface area contributed by atoms with Gasteiger partial charge in [0, 0.05) is 32.6 Å². The van der Waals surface area contributed by atoms with Crippen LogP contribution in [0.4, 0.5) is 5.82 Å².